The smallest absolute Gasteiger partial charge is 0.337 e. The van der Waals surface area contributed by atoms with Crippen molar-refractivity contribution in [3.63, 3.8) is 0 Å². The van der Waals surface area contributed by atoms with Gasteiger partial charge < -0.3 is 4.74 Å². The molecule has 2 N–H and O–H groups in total. The lowest BCUT2D eigenvalue weighted by atomic mass is 10.1. The number of esters is 1. The molecule has 0 fully saturated rings. The quantitative estimate of drug-likeness (QED) is 0.440. The molecule has 0 aliphatic carbocycles. The van der Waals surface area contributed by atoms with Gasteiger partial charge in [0.2, 0.25) is 5.13 Å². The number of hydrogen-bond acceptors (Lipinski definition) is 8. The minimum atomic E-state index is -4.08. The number of hydrogen-bond donors (Lipinski definition) is 2. The first kappa shape index (κ1) is 21.4. The SMILES string of the molecule is COC(=O)c1ccc(C)c(NS(=O)(=O)c2nnc(NC(=O)c3ccc(C)cc3)s2)c1. The van der Waals surface area contributed by atoms with Crippen molar-refractivity contribution < 1.29 is 22.7 Å². The molecule has 0 bridgehead atoms. The zero-order valence-corrected chi connectivity index (χ0v) is 17.9. The van der Waals surface area contributed by atoms with E-state index in [1.807, 2.05) is 6.92 Å². The van der Waals surface area contributed by atoms with Crippen LogP contribution in [-0.4, -0.2) is 37.6 Å². The van der Waals surface area contributed by atoms with Crippen molar-refractivity contribution in [2.75, 3.05) is 17.1 Å². The summed E-state index contributed by atoms with van der Waals surface area (Å²) in [6.07, 6.45) is 0. The summed E-state index contributed by atoms with van der Waals surface area (Å²) in [5, 5.41) is 9.96. The lowest BCUT2D eigenvalue weighted by Crippen LogP contribution is -2.14. The maximum absolute atomic E-state index is 12.7. The summed E-state index contributed by atoms with van der Waals surface area (Å²) in [4.78, 5) is 24.0. The monoisotopic (exact) mass is 446 g/mol. The Balaban J connectivity index is 1.78. The van der Waals surface area contributed by atoms with Crippen molar-refractivity contribution in [2.24, 2.45) is 0 Å². The number of amides is 1. The van der Waals surface area contributed by atoms with Crippen LogP contribution in [0.5, 0.6) is 0 Å². The fourth-order valence-electron chi connectivity index (χ4n) is 2.41. The Labute approximate surface area is 177 Å². The van der Waals surface area contributed by atoms with E-state index in [-0.39, 0.29) is 20.7 Å². The maximum atomic E-state index is 12.7. The van der Waals surface area contributed by atoms with Crippen molar-refractivity contribution in [3.05, 3.63) is 64.7 Å². The van der Waals surface area contributed by atoms with Gasteiger partial charge in [0.1, 0.15) is 0 Å². The van der Waals surface area contributed by atoms with Crippen LogP contribution < -0.4 is 10.0 Å². The molecule has 11 heteroatoms. The molecule has 9 nitrogen and oxygen atoms in total. The number of sulfonamides is 1. The Hall–Kier alpha value is -3.31. The number of benzene rings is 2. The Morgan fingerprint density at radius 3 is 2.33 bits per heavy atom. The standard InChI is InChI=1S/C19H18N4O5S2/c1-11-4-7-13(8-5-11)16(24)20-18-21-22-19(29-18)30(26,27)23-15-10-14(17(25)28-3)9-6-12(15)2/h4-10,23H,1-3H3,(H,20,21,24). The van der Waals surface area contributed by atoms with Crippen LogP contribution in [0.1, 0.15) is 31.8 Å². The summed E-state index contributed by atoms with van der Waals surface area (Å²) in [6, 6.07) is 11.4. The second kappa shape index (κ2) is 8.59. The molecule has 0 radical (unpaired) electrons. The van der Waals surface area contributed by atoms with E-state index >= 15 is 0 Å². The normalized spacial score (nSPS) is 11.0. The number of ether oxygens (including phenoxy) is 1. The molecule has 0 saturated carbocycles. The van der Waals surface area contributed by atoms with Crippen LogP contribution in [0.4, 0.5) is 10.8 Å². The molecule has 3 rings (SSSR count). The molecule has 0 saturated heterocycles. The lowest BCUT2D eigenvalue weighted by molar-refractivity contribution is 0.0600. The predicted octanol–water partition coefficient (Wildman–Crippen LogP) is 2.99. The molecule has 1 aromatic heterocycles. The summed E-state index contributed by atoms with van der Waals surface area (Å²) in [7, 11) is -2.84. The highest BCUT2D eigenvalue weighted by Crippen LogP contribution is 2.25. The number of anilines is 2. The Kier molecular flexibility index (Phi) is 6.13. The highest BCUT2D eigenvalue weighted by Gasteiger charge is 2.22. The second-order valence-electron chi connectivity index (χ2n) is 6.32. The molecule has 0 spiro atoms. The molecular formula is C19H18N4O5S2. The zero-order valence-electron chi connectivity index (χ0n) is 16.3. The van der Waals surface area contributed by atoms with Crippen LogP contribution in [0.15, 0.2) is 46.8 Å². The second-order valence-corrected chi connectivity index (χ2v) is 9.15. The molecule has 30 heavy (non-hydrogen) atoms. The van der Waals surface area contributed by atoms with E-state index in [2.05, 4.69) is 25.0 Å². The number of nitrogens with zero attached hydrogens (tertiary/aromatic N) is 2. The van der Waals surface area contributed by atoms with Crippen molar-refractivity contribution in [1.29, 1.82) is 0 Å². The van der Waals surface area contributed by atoms with Crippen LogP contribution >= 0.6 is 11.3 Å². The molecule has 0 aliphatic rings. The minimum absolute atomic E-state index is 0.0426. The van der Waals surface area contributed by atoms with Gasteiger partial charge in [-0.1, -0.05) is 35.1 Å². The molecule has 1 amide bonds. The van der Waals surface area contributed by atoms with E-state index in [0.29, 0.717) is 22.5 Å². The van der Waals surface area contributed by atoms with Gasteiger partial charge in [0.05, 0.1) is 18.4 Å². The number of nitrogens with one attached hydrogen (secondary N) is 2. The number of aromatic nitrogens is 2. The Morgan fingerprint density at radius 1 is 1.00 bits per heavy atom. The predicted molar refractivity (Wildman–Crippen MR) is 112 cm³/mol. The topological polar surface area (TPSA) is 127 Å². The van der Waals surface area contributed by atoms with E-state index in [4.69, 9.17) is 0 Å². The number of rotatable bonds is 6. The fourth-order valence-corrected chi connectivity index (χ4v) is 4.43. The first-order valence-corrected chi connectivity index (χ1v) is 10.9. The number of aryl methyl sites for hydroxylation is 2. The Bertz CT molecular complexity index is 1200. The summed E-state index contributed by atoms with van der Waals surface area (Å²) in [5.74, 6) is -1.02. The summed E-state index contributed by atoms with van der Waals surface area (Å²) in [6.45, 7) is 3.59. The van der Waals surface area contributed by atoms with Gasteiger partial charge in [-0.05, 0) is 43.7 Å². The van der Waals surface area contributed by atoms with E-state index in [0.717, 1.165) is 5.56 Å². The lowest BCUT2D eigenvalue weighted by Gasteiger charge is -2.10. The van der Waals surface area contributed by atoms with Crippen LogP contribution in [0.2, 0.25) is 0 Å². The molecular weight excluding hydrogens is 428 g/mol. The average Bonchev–Trinajstić information content (AvgIpc) is 3.19. The highest BCUT2D eigenvalue weighted by molar-refractivity contribution is 7.94. The van der Waals surface area contributed by atoms with Crippen molar-refractivity contribution in [1.82, 2.24) is 10.2 Å². The molecule has 2 aromatic carbocycles. The average molecular weight is 447 g/mol. The molecule has 156 valence electrons. The third-order valence-electron chi connectivity index (χ3n) is 4.07. The van der Waals surface area contributed by atoms with E-state index in [1.54, 1.807) is 37.3 Å². The van der Waals surface area contributed by atoms with Crippen molar-refractivity contribution >= 4 is 44.1 Å². The molecule has 1 heterocycles. The molecule has 0 atom stereocenters. The zero-order chi connectivity index (χ0) is 21.9. The summed E-state index contributed by atoms with van der Waals surface area (Å²) in [5.41, 5.74) is 2.42. The largest absolute Gasteiger partial charge is 0.465 e. The third-order valence-corrected chi connectivity index (χ3v) is 6.65. The minimum Gasteiger partial charge on any atom is -0.465 e. The van der Waals surface area contributed by atoms with Crippen molar-refractivity contribution in [3.8, 4) is 0 Å². The van der Waals surface area contributed by atoms with Gasteiger partial charge in [0, 0.05) is 5.56 Å². The first-order valence-electron chi connectivity index (χ1n) is 8.63. The summed E-state index contributed by atoms with van der Waals surface area (Å²) >= 11 is 0.710. The van der Waals surface area contributed by atoms with E-state index in [1.165, 1.54) is 19.2 Å². The number of methoxy groups -OCH3 is 1. The fraction of sp³-hybridized carbons (Fsp3) is 0.158. The third kappa shape index (κ3) is 4.81. The van der Waals surface area contributed by atoms with E-state index < -0.39 is 21.9 Å². The van der Waals surface area contributed by atoms with Gasteiger partial charge in [-0.2, -0.15) is 8.42 Å². The van der Waals surface area contributed by atoms with Gasteiger partial charge in [-0.25, -0.2) is 4.79 Å². The van der Waals surface area contributed by atoms with Crippen LogP contribution in [0.3, 0.4) is 0 Å². The first-order chi connectivity index (χ1) is 14.2. The van der Waals surface area contributed by atoms with E-state index in [9.17, 15) is 18.0 Å². The van der Waals surface area contributed by atoms with Gasteiger partial charge >= 0.3 is 5.97 Å². The van der Waals surface area contributed by atoms with Gasteiger partial charge in [-0.15, -0.1) is 10.2 Å². The van der Waals surface area contributed by atoms with Gasteiger partial charge in [0.15, 0.2) is 0 Å². The van der Waals surface area contributed by atoms with Crippen LogP contribution in [0.25, 0.3) is 0 Å². The summed E-state index contributed by atoms with van der Waals surface area (Å²) < 4.78 is 32.1. The van der Waals surface area contributed by atoms with Gasteiger partial charge in [0.25, 0.3) is 20.3 Å². The molecule has 0 unspecified atom stereocenters. The van der Waals surface area contributed by atoms with Crippen molar-refractivity contribution in [2.45, 2.75) is 18.2 Å². The maximum Gasteiger partial charge on any atom is 0.337 e. The van der Waals surface area contributed by atoms with Gasteiger partial charge in [-0.3, -0.25) is 14.8 Å². The Morgan fingerprint density at radius 2 is 1.67 bits per heavy atom. The molecule has 3 aromatic rings. The van der Waals surface area contributed by atoms with Crippen LogP contribution in [-0.2, 0) is 14.8 Å². The van der Waals surface area contributed by atoms with Crippen LogP contribution in [0, 0.1) is 13.8 Å². The molecule has 0 aliphatic heterocycles. The number of carbonyl (C=O) groups excluding carboxylic acids is 2. The number of carbonyl (C=O) groups is 2. The highest BCUT2D eigenvalue weighted by atomic mass is 32.2.